The summed E-state index contributed by atoms with van der Waals surface area (Å²) >= 11 is 0. The van der Waals surface area contributed by atoms with Crippen LogP contribution in [-0.2, 0) is 9.53 Å². The molecule has 2 saturated heterocycles. The predicted octanol–water partition coefficient (Wildman–Crippen LogP) is 1.85. The lowest BCUT2D eigenvalue weighted by Gasteiger charge is -2.31. The van der Waals surface area contributed by atoms with Gasteiger partial charge in [0.15, 0.2) is 0 Å². The normalized spacial score (nSPS) is 25.0. The van der Waals surface area contributed by atoms with Gasteiger partial charge in [-0.1, -0.05) is 6.07 Å². The molecule has 2 heterocycles. The maximum atomic E-state index is 11.9. The molecule has 2 aliphatic rings. The van der Waals surface area contributed by atoms with Gasteiger partial charge < -0.3 is 15.8 Å². The highest BCUT2D eigenvalue weighted by molar-refractivity contribution is 5.91. The van der Waals surface area contributed by atoms with Crippen molar-refractivity contribution in [1.82, 2.24) is 4.90 Å². The summed E-state index contributed by atoms with van der Waals surface area (Å²) in [6, 6.07) is 7.28. The monoisotopic (exact) mass is 289 g/mol. The van der Waals surface area contributed by atoms with Crippen molar-refractivity contribution in [3.63, 3.8) is 0 Å². The van der Waals surface area contributed by atoms with Crippen molar-refractivity contribution < 1.29 is 9.53 Å². The Balaban J connectivity index is 1.38. The fourth-order valence-electron chi connectivity index (χ4n) is 3.18. The quantitative estimate of drug-likeness (QED) is 0.812. The number of nitrogen functional groups attached to an aromatic ring is 1. The molecule has 2 unspecified atom stereocenters. The summed E-state index contributed by atoms with van der Waals surface area (Å²) in [5.74, 6) is 0.0526. The Morgan fingerprint density at radius 1 is 1.33 bits per heavy atom. The molecule has 0 radical (unpaired) electrons. The van der Waals surface area contributed by atoms with Crippen LogP contribution in [0.2, 0.25) is 0 Å². The lowest BCUT2D eigenvalue weighted by molar-refractivity contribution is -0.116. The van der Waals surface area contributed by atoms with E-state index in [2.05, 4.69) is 10.2 Å². The number of amides is 1. The van der Waals surface area contributed by atoms with Crippen LogP contribution in [0.4, 0.5) is 11.4 Å². The number of nitrogens with two attached hydrogens (primary N) is 1. The molecule has 2 aliphatic heterocycles. The molecule has 21 heavy (non-hydrogen) atoms. The second kappa shape index (κ2) is 6.45. The van der Waals surface area contributed by atoms with Gasteiger partial charge >= 0.3 is 0 Å². The lowest BCUT2D eigenvalue weighted by atomic mass is 10.2. The van der Waals surface area contributed by atoms with Crippen LogP contribution in [0.25, 0.3) is 0 Å². The van der Waals surface area contributed by atoms with Crippen LogP contribution in [0.3, 0.4) is 0 Å². The molecule has 0 spiro atoms. The predicted molar refractivity (Wildman–Crippen MR) is 83.1 cm³/mol. The average Bonchev–Trinajstić information content (AvgIpc) is 2.78. The van der Waals surface area contributed by atoms with Crippen molar-refractivity contribution in [1.29, 1.82) is 0 Å². The minimum atomic E-state index is 0.0526. The lowest BCUT2D eigenvalue weighted by Crippen LogP contribution is -2.43. The Morgan fingerprint density at radius 2 is 2.10 bits per heavy atom. The SMILES string of the molecule is Nc1cccc(NC(=O)CCCN2CC3CCC(C2)O3)c1. The number of nitrogens with one attached hydrogen (secondary N) is 1. The summed E-state index contributed by atoms with van der Waals surface area (Å²) < 4.78 is 5.81. The van der Waals surface area contributed by atoms with E-state index in [9.17, 15) is 4.79 Å². The zero-order chi connectivity index (χ0) is 14.7. The van der Waals surface area contributed by atoms with Gasteiger partial charge in [-0.05, 0) is 44.0 Å². The molecule has 5 nitrogen and oxygen atoms in total. The number of carbonyl (C=O) groups excluding carboxylic acids is 1. The minimum Gasteiger partial charge on any atom is -0.399 e. The van der Waals surface area contributed by atoms with E-state index < -0.39 is 0 Å². The number of nitrogens with zero attached hydrogens (tertiary/aromatic N) is 1. The van der Waals surface area contributed by atoms with Crippen molar-refractivity contribution in [3.05, 3.63) is 24.3 Å². The fraction of sp³-hybridized carbons (Fsp3) is 0.562. The number of fused-ring (bicyclic) bond motifs is 2. The summed E-state index contributed by atoms with van der Waals surface area (Å²) in [6.07, 6.45) is 4.65. The van der Waals surface area contributed by atoms with E-state index in [0.717, 1.165) is 31.7 Å². The highest BCUT2D eigenvalue weighted by Crippen LogP contribution is 2.26. The topological polar surface area (TPSA) is 67.6 Å². The smallest absolute Gasteiger partial charge is 0.224 e. The van der Waals surface area contributed by atoms with Gasteiger partial charge in [0, 0.05) is 30.9 Å². The molecule has 3 rings (SSSR count). The molecule has 2 atom stereocenters. The molecule has 1 aromatic rings. The average molecular weight is 289 g/mol. The van der Waals surface area contributed by atoms with E-state index in [0.29, 0.717) is 24.3 Å². The van der Waals surface area contributed by atoms with E-state index in [1.807, 2.05) is 18.2 Å². The van der Waals surface area contributed by atoms with Crippen LogP contribution in [0.5, 0.6) is 0 Å². The third-order valence-corrected chi connectivity index (χ3v) is 4.17. The van der Waals surface area contributed by atoms with Crippen LogP contribution in [-0.4, -0.2) is 42.6 Å². The second-order valence-corrected chi connectivity index (χ2v) is 5.99. The molecular formula is C16H23N3O2. The first-order valence-corrected chi connectivity index (χ1v) is 7.72. The molecule has 2 fully saturated rings. The summed E-state index contributed by atoms with van der Waals surface area (Å²) in [5.41, 5.74) is 7.13. The number of anilines is 2. The molecule has 1 amide bonds. The van der Waals surface area contributed by atoms with Gasteiger partial charge in [0.1, 0.15) is 0 Å². The van der Waals surface area contributed by atoms with Gasteiger partial charge in [-0.15, -0.1) is 0 Å². The van der Waals surface area contributed by atoms with Crippen molar-refractivity contribution in [2.75, 3.05) is 30.7 Å². The summed E-state index contributed by atoms with van der Waals surface area (Å²) in [5, 5.41) is 2.89. The third kappa shape index (κ3) is 3.95. The summed E-state index contributed by atoms with van der Waals surface area (Å²) in [4.78, 5) is 14.3. The molecule has 1 aromatic carbocycles. The first-order valence-electron chi connectivity index (χ1n) is 7.72. The number of ether oxygens (including phenoxy) is 1. The highest BCUT2D eigenvalue weighted by atomic mass is 16.5. The van der Waals surface area contributed by atoms with Crippen LogP contribution in [0, 0.1) is 0 Å². The van der Waals surface area contributed by atoms with Crippen LogP contribution in [0.1, 0.15) is 25.7 Å². The largest absolute Gasteiger partial charge is 0.399 e. The second-order valence-electron chi connectivity index (χ2n) is 5.99. The summed E-state index contributed by atoms with van der Waals surface area (Å²) in [7, 11) is 0. The first kappa shape index (κ1) is 14.4. The van der Waals surface area contributed by atoms with Gasteiger partial charge in [0.25, 0.3) is 0 Å². The number of hydrogen-bond acceptors (Lipinski definition) is 4. The van der Waals surface area contributed by atoms with E-state index in [-0.39, 0.29) is 5.91 Å². The van der Waals surface area contributed by atoms with Gasteiger partial charge in [0.05, 0.1) is 12.2 Å². The molecule has 0 saturated carbocycles. The summed E-state index contributed by atoms with van der Waals surface area (Å²) in [6.45, 7) is 3.02. The van der Waals surface area contributed by atoms with E-state index in [1.54, 1.807) is 6.07 Å². The Bertz CT molecular complexity index is 494. The van der Waals surface area contributed by atoms with Crippen molar-refractivity contribution in [2.24, 2.45) is 0 Å². The maximum absolute atomic E-state index is 11.9. The van der Waals surface area contributed by atoms with Gasteiger partial charge in [-0.3, -0.25) is 9.69 Å². The maximum Gasteiger partial charge on any atom is 0.224 e. The Labute approximate surface area is 125 Å². The van der Waals surface area contributed by atoms with Gasteiger partial charge in [0.2, 0.25) is 5.91 Å². The van der Waals surface area contributed by atoms with Crippen molar-refractivity contribution in [3.8, 4) is 0 Å². The Morgan fingerprint density at radius 3 is 2.81 bits per heavy atom. The molecule has 3 N–H and O–H groups in total. The number of hydrogen-bond donors (Lipinski definition) is 2. The fourth-order valence-corrected chi connectivity index (χ4v) is 3.18. The molecule has 2 bridgehead atoms. The first-order chi connectivity index (χ1) is 10.2. The van der Waals surface area contributed by atoms with Crippen LogP contribution in [0.15, 0.2) is 24.3 Å². The number of carbonyl (C=O) groups is 1. The number of benzene rings is 1. The van der Waals surface area contributed by atoms with E-state index in [1.165, 1.54) is 12.8 Å². The van der Waals surface area contributed by atoms with Gasteiger partial charge in [-0.25, -0.2) is 0 Å². The Kier molecular flexibility index (Phi) is 4.41. The number of morpholine rings is 1. The van der Waals surface area contributed by atoms with Crippen LogP contribution < -0.4 is 11.1 Å². The zero-order valence-electron chi connectivity index (χ0n) is 12.3. The molecule has 5 heteroatoms. The molecule has 0 aromatic heterocycles. The zero-order valence-corrected chi connectivity index (χ0v) is 12.3. The van der Waals surface area contributed by atoms with Crippen molar-refractivity contribution in [2.45, 2.75) is 37.9 Å². The minimum absolute atomic E-state index is 0.0526. The molecular weight excluding hydrogens is 266 g/mol. The Hall–Kier alpha value is -1.59. The molecule has 114 valence electrons. The van der Waals surface area contributed by atoms with Crippen LogP contribution >= 0.6 is 0 Å². The molecule has 0 aliphatic carbocycles. The highest BCUT2D eigenvalue weighted by Gasteiger charge is 2.33. The number of likely N-dealkylation sites (tertiary alicyclic amines) is 1. The van der Waals surface area contributed by atoms with E-state index in [4.69, 9.17) is 10.5 Å². The van der Waals surface area contributed by atoms with E-state index >= 15 is 0 Å². The standard InChI is InChI=1S/C16H23N3O2/c17-12-3-1-4-13(9-12)18-16(20)5-2-8-19-10-14-6-7-15(11-19)21-14/h1,3-4,9,14-15H,2,5-8,10-11,17H2,(H,18,20). The van der Waals surface area contributed by atoms with Gasteiger partial charge in [-0.2, -0.15) is 0 Å². The third-order valence-electron chi connectivity index (χ3n) is 4.17. The van der Waals surface area contributed by atoms with Crippen molar-refractivity contribution >= 4 is 17.3 Å². The number of rotatable bonds is 5.